The Morgan fingerprint density at radius 2 is 1.96 bits per heavy atom. The van der Waals surface area contributed by atoms with E-state index in [4.69, 9.17) is 16.1 Å². The third kappa shape index (κ3) is 3.33. The first kappa shape index (κ1) is 15.1. The van der Waals surface area contributed by atoms with E-state index < -0.39 is 7.12 Å². The Morgan fingerprint density at radius 3 is 2.65 bits per heavy atom. The van der Waals surface area contributed by atoms with Crippen LogP contribution in [0.1, 0.15) is 15.9 Å². The highest BCUT2D eigenvalue weighted by Crippen LogP contribution is 2.17. The van der Waals surface area contributed by atoms with Gasteiger partial charge in [0.15, 0.2) is 5.96 Å². The van der Waals surface area contributed by atoms with Gasteiger partial charge >= 0.3 is 7.12 Å². The molecule has 0 fully saturated rings. The first-order chi connectivity index (χ1) is 11.0. The molecule has 0 saturated heterocycles. The van der Waals surface area contributed by atoms with E-state index in [1.165, 1.54) is 0 Å². The maximum Gasteiger partial charge on any atom is 0.491 e. The lowest BCUT2D eigenvalue weighted by molar-refractivity contribution is 0.102. The summed E-state index contributed by atoms with van der Waals surface area (Å²) < 4.78 is 5.12. The standard InChI is InChI=1S/C15H15BN4O3/c17-15(18)20-11-4-1-9(2-5-11)14(21)19-12-6-3-10-8-23-16(22)13(10)7-12/h1-7,22H,8H2,(H,19,21)(H4,17,18,20). The Balaban J connectivity index is 1.74. The van der Waals surface area contributed by atoms with E-state index in [0.717, 1.165) is 5.56 Å². The highest BCUT2D eigenvalue weighted by Gasteiger charge is 2.27. The number of rotatable bonds is 3. The summed E-state index contributed by atoms with van der Waals surface area (Å²) in [5, 5.41) is 12.5. The maximum atomic E-state index is 12.2. The predicted octanol–water partition coefficient (Wildman–Crippen LogP) is 0.0615. The van der Waals surface area contributed by atoms with E-state index in [0.29, 0.717) is 29.0 Å². The largest absolute Gasteiger partial charge is 0.491 e. The van der Waals surface area contributed by atoms with E-state index >= 15 is 0 Å². The van der Waals surface area contributed by atoms with Crippen LogP contribution >= 0.6 is 0 Å². The number of aliphatic imine (C=N–C) groups is 1. The van der Waals surface area contributed by atoms with Crippen molar-refractivity contribution in [1.82, 2.24) is 0 Å². The molecule has 8 heteroatoms. The molecule has 0 unspecified atom stereocenters. The fraction of sp³-hybridized carbons (Fsp3) is 0.0667. The molecule has 0 bridgehead atoms. The first-order valence-corrected chi connectivity index (χ1v) is 6.96. The minimum absolute atomic E-state index is 0.0406. The number of benzene rings is 2. The number of guanidine groups is 1. The lowest BCUT2D eigenvalue weighted by atomic mass is 9.79. The molecule has 3 rings (SSSR count). The number of anilines is 1. The molecule has 2 aromatic carbocycles. The van der Waals surface area contributed by atoms with Gasteiger partial charge in [-0.2, -0.15) is 0 Å². The van der Waals surface area contributed by atoms with E-state index in [1.807, 2.05) is 6.07 Å². The molecule has 1 heterocycles. The van der Waals surface area contributed by atoms with Crippen LogP contribution in [0.5, 0.6) is 0 Å². The highest BCUT2D eigenvalue weighted by atomic mass is 16.5. The number of carbonyl (C=O) groups is 1. The second kappa shape index (κ2) is 6.11. The van der Waals surface area contributed by atoms with Crippen LogP contribution in [0.2, 0.25) is 0 Å². The summed E-state index contributed by atoms with van der Waals surface area (Å²) in [7, 11) is -0.944. The van der Waals surface area contributed by atoms with Crippen LogP contribution in [-0.4, -0.2) is 24.0 Å². The van der Waals surface area contributed by atoms with Crippen molar-refractivity contribution < 1.29 is 14.5 Å². The molecule has 1 amide bonds. The van der Waals surface area contributed by atoms with E-state index in [9.17, 15) is 9.82 Å². The topological polar surface area (TPSA) is 123 Å². The number of nitrogens with one attached hydrogen (secondary N) is 1. The molecule has 23 heavy (non-hydrogen) atoms. The van der Waals surface area contributed by atoms with Crippen LogP contribution in [-0.2, 0) is 11.3 Å². The third-order valence-electron chi connectivity index (χ3n) is 3.45. The van der Waals surface area contributed by atoms with Gasteiger partial charge in [0.05, 0.1) is 12.3 Å². The van der Waals surface area contributed by atoms with Gasteiger partial charge in [-0.25, -0.2) is 4.99 Å². The minimum atomic E-state index is -0.944. The van der Waals surface area contributed by atoms with Gasteiger partial charge in [-0.05, 0) is 47.4 Å². The molecule has 1 aliphatic rings. The summed E-state index contributed by atoms with van der Waals surface area (Å²) in [6.07, 6.45) is 0. The summed E-state index contributed by atoms with van der Waals surface area (Å²) in [6.45, 7) is 0.372. The molecule has 6 N–H and O–H groups in total. The number of fused-ring (bicyclic) bond motifs is 1. The molecule has 0 radical (unpaired) electrons. The molecule has 0 aromatic heterocycles. The van der Waals surface area contributed by atoms with Gasteiger partial charge in [-0.15, -0.1) is 0 Å². The van der Waals surface area contributed by atoms with Crippen molar-refractivity contribution in [2.24, 2.45) is 16.5 Å². The average molecular weight is 310 g/mol. The van der Waals surface area contributed by atoms with E-state index in [2.05, 4.69) is 10.3 Å². The lowest BCUT2D eigenvalue weighted by Crippen LogP contribution is -2.28. The first-order valence-electron chi connectivity index (χ1n) is 6.96. The lowest BCUT2D eigenvalue weighted by Gasteiger charge is -2.07. The highest BCUT2D eigenvalue weighted by molar-refractivity contribution is 6.61. The molecule has 7 nitrogen and oxygen atoms in total. The van der Waals surface area contributed by atoms with E-state index in [1.54, 1.807) is 36.4 Å². The molecule has 2 aromatic rings. The Hall–Kier alpha value is -2.84. The van der Waals surface area contributed by atoms with Crippen molar-refractivity contribution in [2.45, 2.75) is 6.61 Å². The second-order valence-electron chi connectivity index (χ2n) is 5.11. The monoisotopic (exact) mass is 310 g/mol. The number of nitrogens with zero attached hydrogens (tertiary/aromatic N) is 1. The zero-order chi connectivity index (χ0) is 16.4. The normalized spacial score (nSPS) is 12.7. The van der Waals surface area contributed by atoms with Crippen molar-refractivity contribution in [1.29, 1.82) is 0 Å². The summed E-state index contributed by atoms with van der Waals surface area (Å²) in [6, 6.07) is 11.8. The van der Waals surface area contributed by atoms with Crippen molar-refractivity contribution >= 4 is 35.8 Å². The zero-order valence-corrected chi connectivity index (χ0v) is 12.2. The van der Waals surface area contributed by atoms with Crippen LogP contribution in [0.15, 0.2) is 47.5 Å². The van der Waals surface area contributed by atoms with Crippen LogP contribution < -0.4 is 22.2 Å². The number of amides is 1. The third-order valence-corrected chi connectivity index (χ3v) is 3.45. The predicted molar refractivity (Wildman–Crippen MR) is 88.7 cm³/mol. The average Bonchev–Trinajstić information content (AvgIpc) is 2.88. The van der Waals surface area contributed by atoms with Crippen molar-refractivity contribution in [2.75, 3.05) is 5.32 Å². The van der Waals surface area contributed by atoms with Gasteiger partial charge in [0.1, 0.15) is 0 Å². The molecule has 0 aliphatic carbocycles. The van der Waals surface area contributed by atoms with Gasteiger partial charge in [0.2, 0.25) is 0 Å². The number of hydrogen-bond donors (Lipinski definition) is 4. The van der Waals surface area contributed by atoms with E-state index in [-0.39, 0.29) is 11.9 Å². The van der Waals surface area contributed by atoms with Crippen LogP contribution in [0, 0.1) is 0 Å². The Kier molecular flexibility index (Phi) is 4.01. The second-order valence-corrected chi connectivity index (χ2v) is 5.11. The van der Waals surface area contributed by atoms with Gasteiger partial charge < -0.3 is 26.5 Å². The quantitative estimate of drug-likeness (QED) is 0.363. The summed E-state index contributed by atoms with van der Waals surface area (Å²) in [5.74, 6) is -0.310. The van der Waals surface area contributed by atoms with Crippen molar-refractivity contribution in [3.8, 4) is 0 Å². The summed E-state index contributed by atoms with van der Waals surface area (Å²) in [4.78, 5) is 16.1. The van der Waals surface area contributed by atoms with Crippen LogP contribution in [0.4, 0.5) is 11.4 Å². The maximum absolute atomic E-state index is 12.2. The van der Waals surface area contributed by atoms with Crippen LogP contribution in [0.3, 0.4) is 0 Å². The van der Waals surface area contributed by atoms with Gasteiger partial charge in [0, 0.05) is 11.3 Å². The molecule has 0 atom stereocenters. The van der Waals surface area contributed by atoms with Crippen molar-refractivity contribution in [3.63, 3.8) is 0 Å². The Labute approximate surface area is 133 Å². The Bertz CT molecular complexity index is 773. The van der Waals surface area contributed by atoms with Gasteiger partial charge in [-0.1, -0.05) is 6.07 Å². The summed E-state index contributed by atoms with van der Waals surface area (Å²) in [5.41, 5.74) is 13.8. The minimum Gasteiger partial charge on any atom is -0.423 e. The number of nitrogens with two attached hydrogens (primary N) is 2. The molecule has 1 aliphatic heterocycles. The number of hydrogen-bond acceptors (Lipinski definition) is 4. The van der Waals surface area contributed by atoms with Gasteiger partial charge in [-0.3, -0.25) is 4.79 Å². The molecule has 0 spiro atoms. The molecular weight excluding hydrogens is 295 g/mol. The van der Waals surface area contributed by atoms with Crippen molar-refractivity contribution in [3.05, 3.63) is 53.6 Å². The van der Waals surface area contributed by atoms with Crippen LogP contribution in [0.25, 0.3) is 0 Å². The Morgan fingerprint density at radius 1 is 1.22 bits per heavy atom. The molecule has 116 valence electrons. The molecular formula is C15H15BN4O3. The van der Waals surface area contributed by atoms with Gasteiger partial charge in [0.25, 0.3) is 5.91 Å². The zero-order valence-electron chi connectivity index (χ0n) is 12.2. The number of carbonyl (C=O) groups excluding carboxylic acids is 1. The fourth-order valence-electron chi connectivity index (χ4n) is 2.33. The SMILES string of the molecule is NC(N)=Nc1ccc(C(=O)Nc2ccc3c(c2)B(O)OC3)cc1. The fourth-order valence-corrected chi connectivity index (χ4v) is 2.33. The molecule has 0 saturated carbocycles. The summed E-state index contributed by atoms with van der Waals surface area (Å²) >= 11 is 0. The smallest absolute Gasteiger partial charge is 0.423 e.